The Bertz CT molecular complexity index is 2100. The highest BCUT2D eigenvalue weighted by atomic mass is 79.9. The van der Waals surface area contributed by atoms with Gasteiger partial charge in [0.15, 0.2) is 5.82 Å². The first-order chi connectivity index (χ1) is 21.3. The number of hydrogen-bond donors (Lipinski definition) is 1. The number of amides is 1. The van der Waals surface area contributed by atoms with Crippen molar-refractivity contribution < 1.29 is 4.79 Å². The number of fused-ring (bicyclic) bond motifs is 3. The molecule has 0 radical (unpaired) electrons. The van der Waals surface area contributed by atoms with Gasteiger partial charge < -0.3 is 9.88 Å². The number of aromatic nitrogens is 6. The molecule has 11 heteroatoms. The zero-order chi connectivity index (χ0) is 30.5. The molecule has 0 spiro atoms. The maximum absolute atomic E-state index is 14.4. The molecule has 4 heterocycles. The second-order valence-electron chi connectivity index (χ2n) is 11.1. The van der Waals surface area contributed by atoms with Gasteiger partial charge in [-0.05, 0) is 84.2 Å². The summed E-state index contributed by atoms with van der Waals surface area (Å²) in [5, 5.41) is 13.5. The van der Waals surface area contributed by atoms with Crippen molar-refractivity contribution in [1.82, 2.24) is 34.3 Å². The Morgan fingerprint density at radius 2 is 1.84 bits per heavy atom. The van der Waals surface area contributed by atoms with E-state index in [0.717, 1.165) is 27.0 Å². The Morgan fingerprint density at radius 1 is 1.07 bits per heavy atom. The van der Waals surface area contributed by atoms with Gasteiger partial charge in [-0.25, -0.2) is 4.52 Å². The van der Waals surface area contributed by atoms with Crippen molar-refractivity contribution in [3.8, 4) is 17.1 Å². The van der Waals surface area contributed by atoms with Gasteiger partial charge >= 0.3 is 0 Å². The van der Waals surface area contributed by atoms with Crippen LogP contribution in [0.4, 0.5) is 0 Å². The first-order valence-corrected chi connectivity index (χ1v) is 15.4. The largest absolute Gasteiger partial charge is 0.330 e. The average molecular weight is 669 g/mol. The zero-order valence-corrected chi connectivity index (χ0v) is 26.3. The maximum Gasteiger partial charge on any atom is 0.261 e. The molecule has 9 nitrogen and oxygen atoms in total. The van der Waals surface area contributed by atoms with E-state index in [1.165, 1.54) is 0 Å². The SMILES string of the molecule is Cc1nnc(-c2ccc(-n3c(=O)c4c(n5ncc(Cc6ccccc6)c35)CN(C(=O)c3ccc(Br)c(Cl)c3)[C@@H](C)C4)cc2)[nH]1. The van der Waals surface area contributed by atoms with Gasteiger partial charge in [-0.15, -0.1) is 10.2 Å². The highest BCUT2D eigenvalue weighted by molar-refractivity contribution is 9.10. The fourth-order valence-electron chi connectivity index (χ4n) is 5.88. The molecule has 1 amide bonds. The Labute approximate surface area is 266 Å². The van der Waals surface area contributed by atoms with E-state index in [1.807, 2.05) is 67.0 Å². The molecule has 1 aliphatic rings. The summed E-state index contributed by atoms with van der Waals surface area (Å²) in [5.41, 5.74) is 6.00. The van der Waals surface area contributed by atoms with Crippen LogP contribution in [-0.2, 0) is 19.4 Å². The van der Waals surface area contributed by atoms with Gasteiger partial charge in [0, 0.05) is 39.2 Å². The summed E-state index contributed by atoms with van der Waals surface area (Å²) in [4.78, 5) is 33.1. The Balaban J connectivity index is 1.37. The fourth-order valence-corrected chi connectivity index (χ4v) is 6.30. The first-order valence-electron chi connectivity index (χ1n) is 14.2. The molecule has 3 aromatic carbocycles. The molecule has 0 unspecified atom stereocenters. The van der Waals surface area contributed by atoms with Gasteiger partial charge in [-0.2, -0.15) is 5.10 Å². The molecular weight excluding hydrogens is 642 g/mol. The van der Waals surface area contributed by atoms with E-state index >= 15 is 0 Å². The van der Waals surface area contributed by atoms with E-state index in [1.54, 1.807) is 27.7 Å². The van der Waals surface area contributed by atoms with E-state index in [2.05, 4.69) is 43.2 Å². The van der Waals surface area contributed by atoms with Crippen LogP contribution >= 0.6 is 27.5 Å². The van der Waals surface area contributed by atoms with E-state index < -0.39 is 0 Å². The molecule has 44 heavy (non-hydrogen) atoms. The minimum atomic E-state index is -0.215. The van der Waals surface area contributed by atoms with Gasteiger partial charge in [0.05, 0.1) is 29.1 Å². The number of carbonyl (C=O) groups is 1. The van der Waals surface area contributed by atoms with Crippen LogP contribution in [0.3, 0.4) is 0 Å². The number of hydrogen-bond acceptors (Lipinski definition) is 5. The first kappa shape index (κ1) is 28.2. The van der Waals surface area contributed by atoms with Gasteiger partial charge in [0.25, 0.3) is 11.5 Å². The Hall–Kier alpha value is -4.54. The predicted molar refractivity (Wildman–Crippen MR) is 172 cm³/mol. The third kappa shape index (κ3) is 4.93. The molecule has 1 N–H and O–H groups in total. The standard InChI is InChI=1S/C33H27BrClN7O2/c1-19-14-26-29(18-40(19)32(43)23-10-13-27(34)28(35)16-23)42-31(24(17-36-42)15-21-6-4-3-5-7-21)41(33(26)44)25-11-8-22(9-12-25)30-37-20(2)38-39-30/h3-13,16-17,19H,14-15,18H2,1-2H3,(H,37,38,39)/t19-/m0/s1. The highest BCUT2D eigenvalue weighted by Crippen LogP contribution is 2.29. The summed E-state index contributed by atoms with van der Waals surface area (Å²) in [6.45, 7) is 4.06. The molecule has 7 rings (SSSR count). The van der Waals surface area contributed by atoms with Crippen molar-refractivity contribution in [1.29, 1.82) is 0 Å². The maximum atomic E-state index is 14.4. The lowest BCUT2D eigenvalue weighted by molar-refractivity contribution is 0.0651. The topological polar surface area (TPSA) is 101 Å². The number of aromatic amines is 1. The molecule has 3 aromatic heterocycles. The number of carbonyl (C=O) groups excluding carboxylic acids is 1. The van der Waals surface area contributed by atoms with Crippen molar-refractivity contribution in [2.45, 2.75) is 39.3 Å². The van der Waals surface area contributed by atoms with Crippen LogP contribution in [0, 0.1) is 6.92 Å². The van der Waals surface area contributed by atoms with E-state index in [4.69, 9.17) is 16.7 Å². The molecule has 0 fully saturated rings. The summed E-state index contributed by atoms with van der Waals surface area (Å²) in [6, 6.07) is 22.8. The van der Waals surface area contributed by atoms with Crippen molar-refractivity contribution >= 4 is 39.1 Å². The van der Waals surface area contributed by atoms with Crippen molar-refractivity contribution in [3.63, 3.8) is 0 Å². The van der Waals surface area contributed by atoms with Gasteiger partial charge in [0.1, 0.15) is 11.5 Å². The molecular formula is C33H27BrClN7O2. The van der Waals surface area contributed by atoms with E-state index in [9.17, 15) is 9.59 Å². The predicted octanol–water partition coefficient (Wildman–Crippen LogP) is 6.17. The minimum Gasteiger partial charge on any atom is -0.330 e. The Kier molecular flexibility index (Phi) is 7.18. The van der Waals surface area contributed by atoms with Crippen molar-refractivity contribution in [2.24, 2.45) is 0 Å². The van der Waals surface area contributed by atoms with Crippen LogP contribution in [0.2, 0.25) is 5.02 Å². The summed E-state index contributed by atoms with van der Waals surface area (Å²) in [5.74, 6) is 1.24. The molecule has 6 aromatic rings. The van der Waals surface area contributed by atoms with Crippen molar-refractivity contribution in [2.75, 3.05) is 0 Å². The molecule has 220 valence electrons. The van der Waals surface area contributed by atoms with Gasteiger partial charge in [-0.1, -0.05) is 41.9 Å². The number of H-pyrrole nitrogens is 1. The molecule has 1 atom stereocenters. The second kappa shape index (κ2) is 11.2. The van der Waals surface area contributed by atoms with Crippen LogP contribution in [0.25, 0.3) is 22.7 Å². The smallest absolute Gasteiger partial charge is 0.261 e. The third-order valence-corrected chi connectivity index (χ3v) is 9.34. The fraction of sp³-hybridized carbons (Fsp3) is 0.182. The van der Waals surface area contributed by atoms with Crippen LogP contribution in [0.1, 0.15) is 45.5 Å². The lowest BCUT2D eigenvalue weighted by Crippen LogP contribution is -2.46. The monoisotopic (exact) mass is 667 g/mol. The average Bonchev–Trinajstić information content (AvgIpc) is 3.65. The van der Waals surface area contributed by atoms with Crippen LogP contribution in [0.15, 0.2) is 88.3 Å². The molecule has 1 aliphatic heterocycles. The number of rotatable bonds is 5. The zero-order valence-electron chi connectivity index (χ0n) is 24.0. The number of halogens is 2. The summed E-state index contributed by atoms with van der Waals surface area (Å²) in [7, 11) is 0. The quantitative estimate of drug-likeness (QED) is 0.237. The molecule has 0 saturated carbocycles. The lowest BCUT2D eigenvalue weighted by Gasteiger charge is -2.35. The Morgan fingerprint density at radius 3 is 2.55 bits per heavy atom. The van der Waals surface area contributed by atoms with Crippen LogP contribution in [0.5, 0.6) is 0 Å². The normalized spacial score (nSPS) is 14.6. The van der Waals surface area contributed by atoms with E-state index in [-0.39, 0.29) is 24.1 Å². The minimum absolute atomic E-state index is 0.115. The van der Waals surface area contributed by atoms with Gasteiger partial charge in [-0.3, -0.25) is 14.2 Å². The molecule has 0 bridgehead atoms. The van der Waals surface area contributed by atoms with Crippen LogP contribution < -0.4 is 5.56 Å². The number of benzene rings is 3. The van der Waals surface area contributed by atoms with E-state index in [0.29, 0.717) is 51.8 Å². The summed E-state index contributed by atoms with van der Waals surface area (Å²) < 4.78 is 4.31. The van der Waals surface area contributed by atoms with Crippen LogP contribution in [-0.4, -0.2) is 46.2 Å². The molecule has 0 aliphatic carbocycles. The lowest BCUT2D eigenvalue weighted by atomic mass is 9.98. The summed E-state index contributed by atoms with van der Waals surface area (Å²) in [6.07, 6.45) is 2.81. The third-order valence-electron chi connectivity index (χ3n) is 8.11. The molecule has 0 saturated heterocycles. The number of nitrogens with zero attached hydrogens (tertiary/aromatic N) is 6. The number of aryl methyl sites for hydroxylation is 1. The number of nitrogens with one attached hydrogen (secondary N) is 1. The second-order valence-corrected chi connectivity index (χ2v) is 12.3. The summed E-state index contributed by atoms with van der Waals surface area (Å²) >= 11 is 9.72. The highest BCUT2D eigenvalue weighted by Gasteiger charge is 2.33. The van der Waals surface area contributed by atoms with Crippen molar-refractivity contribution in [3.05, 3.63) is 133 Å². The van der Waals surface area contributed by atoms with Gasteiger partial charge in [0.2, 0.25) is 0 Å².